The highest BCUT2D eigenvalue weighted by Gasteiger charge is 2.44. The lowest BCUT2D eigenvalue weighted by atomic mass is 9.69. The average Bonchev–Trinajstić information content (AvgIpc) is 2.73. The number of benzene rings is 2. The Bertz CT molecular complexity index is 1010. The van der Waals surface area contributed by atoms with Crippen LogP contribution in [-0.2, 0) is 14.3 Å². The Morgan fingerprint density at radius 2 is 1.57 bits per heavy atom. The summed E-state index contributed by atoms with van der Waals surface area (Å²) in [6.07, 6.45) is 0.923. The van der Waals surface area contributed by atoms with E-state index in [0.717, 1.165) is 22.5 Å². The van der Waals surface area contributed by atoms with Crippen LogP contribution in [0.1, 0.15) is 56.6 Å². The van der Waals surface area contributed by atoms with Gasteiger partial charge in [-0.05, 0) is 44.2 Å². The van der Waals surface area contributed by atoms with Crippen LogP contribution in [0.15, 0.2) is 76.9 Å². The molecule has 154 valence electrons. The van der Waals surface area contributed by atoms with E-state index in [9.17, 15) is 9.59 Å². The Hall–Kier alpha value is -3.01. The average molecular weight is 402 g/mol. The first kappa shape index (κ1) is 20.3. The molecule has 1 aliphatic carbocycles. The van der Waals surface area contributed by atoms with Crippen LogP contribution in [0.2, 0.25) is 0 Å². The van der Waals surface area contributed by atoms with Gasteiger partial charge in [-0.1, -0.05) is 60.7 Å². The molecule has 1 heterocycles. The molecule has 0 saturated heterocycles. The Labute approximate surface area is 177 Å². The van der Waals surface area contributed by atoms with Crippen LogP contribution in [0, 0.1) is 5.92 Å². The molecule has 0 radical (unpaired) electrons. The van der Waals surface area contributed by atoms with Gasteiger partial charge in [0.1, 0.15) is 5.92 Å². The van der Waals surface area contributed by atoms with Crippen molar-refractivity contribution in [1.82, 2.24) is 0 Å². The fourth-order valence-electron chi connectivity index (χ4n) is 4.65. The Kier molecular flexibility index (Phi) is 5.67. The molecule has 0 saturated carbocycles. The van der Waals surface area contributed by atoms with E-state index in [2.05, 4.69) is 12.1 Å². The number of hydrogen-bond acceptors (Lipinski definition) is 4. The Morgan fingerprint density at radius 1 is 0.967 bits per heavy atom. The molecule has 0 fully saturated rings. The van der Waals surface area contributed by atoms with E-state index in [0.29, 0.717) is 18.4 Å². The lowest BCUT2D eigenvalue weighted by Crippen LogP contribution is -2.38. The van der Waals surface area contributed by atoms with Crippen LogP contribution in [0.5, 0.6) is 0 Å². The zero-order valence-corrected chi connectivity index (χ0v) is 17.7. The fraction of sp³-hybridized carbons (Fsp3) is 0.346. The molecule has 4 nitrogen and oxygen atoms in total. The third-order valence-electron chi connectivity index (χ3n) is 5.92. The number of hydrogen-bond donors (Lipinski definition) is 0. The van der Waals surface area contributed by atoms with Gasteiger partial charge in [0, 0.05) is 29.3 Å². The van der Waals surface area contributed by atoms with Gasteiger partial charge in [-0.25, -0.2) is 0 Å². The highest BCUT2D eigenvalue weighted by Crippen LogP contribution is 2.46. The van der Waals surface area contributed by atoms with E-state index >= 15 is 0 Å². The van der Waals surface area contributed by atoms with E-state index in [1.807, 2.05) is 69.3 Å². The number of allylic oxidation sites excluding steroid dienone is 2. The molecule has 4 rings (SSSR count). The second-order valence-electron chi connectivity index (χ2n) is 8.40. The number of Topliss-reactive ketones (excluding diaryl/α,β-unsaturated/α-hetero) is 1. The Balaban J connectivity index is 1.78. The predicted molar refractivity (Wildman–Crippen MR) is 117 cm³/mol. The van der Waals surface area contributed by atoms with Crippen LogP contribution in [0.4, 0.5) is 0 Å². The minimum atomic E-state index is -0.578. The van der Waals surface area contributed by atoms with Crippen molar-refractivity contribution in [3.8, 4) is 0 Å². The molecule has 2 aliphatic rings. The van der Waals surface area contributed by atoms with Crippen molar-refractivity contribution in [2.24, 2.45) is 10.9 Å². The summed E-state index contributed by atoms with van der Waals surface area (Å²) in [5.74, 6) is -1.05. The second-order valence-corrected chi connectivity index (χ2v) is 8.40. The van der Waals surface area contributed by atoms with Crippen LogP contribution in [0.3, 0.4) is 0 Å². The topological polar surface area (TPSA) is 55.7 Å². The number of ketones is 1. The van der Waals surface area contributed by atoms with Crippen molar-refractivity contribution >= 4 is 17.5 Å². The highest BCUT2D eigenvalue weighted by molar-refractivity contribution is 6.09. The Morgan fingerprint density at radius 3 is 2.17 bits per heavy atom. The standard InChI is InChI=1S/C26H27NO3/c1-16(2)30-26(29)23-17(3)27-21-14-20(18-10-6-4-7-11-18)15-22(28)25(21)24(23)19-12-8-5-9-13-19/h4-13,16,20,23-24H,14-15H2,1-3H3/t20-,23?,24+/m1/s1. The second kappa shape index (κ2) is 8.39. The molecule has 0 N–H and O–H groups in total. The maximum absolute atomic E-state index is 13.4. The van der Waals surface area contributed by atoms with E-state index in [-0.39, 0.29) is 29.7 Å². The van der Waals surface area contributed by atoms with Crippen molar-refractivity contribution in [2.75, 3.05) is 0 Å². The summed E-state index contributed by atoms with van der Waals surface area (Å²) in [6.45, 7) is 5.56. The van der Waals surface area contributed by atoms with E-state index in [1.54, 1.807) is 0 Å². The first-order chi connectivity index (χ1) is 14.5. The number of aliphatic imine (C=N–C) groups is 1. The zero-order valence-electron chi connectivity index (χ0n) is 17.7. The SMILES string of the molecule is CC1=NC2=C(C(=O)C[C@H](c3ccccc3)C2)[C@@H](c2ccccc2)C1C(=O)OC(C)C. The summed E-state index contributed by atoms with van der Waals surface area (Å²) in [5, 5.41) is 0. The number of carbonyl (C=O) groups excluding carboxylic acids is 2. The summed E-state index contributed by atoms with van der Waals surface area (Å²) in [4.78, 5) is 31.2. The maximum atomic E-state index is 13.4. The molecule has 4 heteroatoms. The third kappa shape index (κ3) is 3.87. The number of ether oxygens (including phenoxy) is 1. The van der Waals surface area contributed by atoms with Gasteiger partial charge in [-0.2, -0.15) is 0 Å². The molecule has 2 aromatic carbocycles. The highest BCUT2D eigenvalue weighted by atomic mass is 16.5. The number of nitrogens with zero attached hydrogens (tertiary/aromatic N) is 1. The van der Waals surface area contributed by atoms with Crippen molar-refractivity contribution in [1.29, 1.82) is 0 Å². The van der Waals surface area contributed by atoms with Crippen LogP contribution < -0.4 is 0 Å². The third-order valence-corrected chi connectivity index (χ3v) is 5.92. The number of esters is 1. The van der Waals surface area contributed by atoms with Gasteiger partial charge in [-0.3, -0.25) is 14.6 Å². The van der Waals surface area contributed by atoms with Gasteiger partial charge >= 0.3 is 5.97 Å². The molecule has 1 unspecified atom stereocenters. The molecule has 0 aromatic heterocycles. The summed E-state index contributed by atoms with van der Waals surface area (Å²) in [6, 6.07) is 19.9. The molecule has 1 aliphatic heterocycles. The summed E-state index contributed by atoms with van der Waals surface area (Å²) in [7, 11) is 0. The van der Waals surface area contributed by atoms with Crippen LogP contribution in [0.25, 0.3) is 0 Å². The monoisotopic (exact) mass is 401 g/mol. The van der Waals surface area contributed by atoms with Crippen LogP contribution in [-0.4, -0.2) is 23.6 Å². The summed E-state index contributed by atoms with van der Waals surface area (Å²) >= 11 is 0. The van der Waals surface area contributed by atoms with E-state index in [1.165, 1.54) is 0 Å². The largest absolute Gasteiger partial charge is 0.462 e. The van der Waals surface area contributed by atoms with Crippen molar-refractivity contribution in [3.05, 3.63) is 83.1 Å². The van der Waals surface area contributed by atoms with Crippen molar-refractivity contribution < 1.29 is 14.3 Å². The van der Waals surface area contributed by atoms with Crippen molar-refractivity contribution in [3.63, 3.8) is 0 Å². The van der Waals surface area contributed by atoms with Gasteiger partial charge in [-0.15, -0.1) is 0 Å². The molecule has 0 amide bonds. The molecule has 30 heavy (non-hydrogen) atoms. The summed E-state index contributed by atoms with van der Waals surface area (Å²) < 4.78 is 5.56. The number of rotatable bonds is 4. The summed E-state index contributed by atoms with van der Waals surface area (Å²) in [5.41, 5.74) is 4.33. The normalized spacial score (nSPS) is 23.8. The maximum Gasteiger partial charge on any atom is 0.315 e. The minimum absolute atomic E-state index is 0.0811. The predicted octanol–water partition coefficient (Wildman–Crippen LogP) is 5.21. The van der Waals surface area contributed by atoms with E-state index in [4.69, 9.17) is 9.73 Å². The van der Waals surface area contributed by atoms with Gasteiger partial charge in [0.15, 0.2) is 5.78 Å². The quantitative estimate of drug-likeness (QED) is 0.661. The molecule has 3 atom stereocenters. The van der Waals surface area contributed by atoms with Crippen molar-refractivity contribution in [2.45, 2.75) is 51.6 Å². The van der Waals surface area contributed by atoms with Gasteiger partial charge in [0.05, 0.1) is 6.10 Å². The first-order valence-electron chi connectivity index (χ1n) is 10.6. The first-order valence-corrected chi connectivity index (χ1v) is 10.6. The minimum Gasteiger partial charge on any atom is -0.462 e. The lowest BCUT2D eigenvalue weighted by molar-refractivity contribution is -0.150. The van der Waals surface area contributed by atoms with Gasteiger partial charge in [0.25, 0.3) is 0 Å². The molecular formula is C26H27NO3. The zero-order chi connectivity index (χ0) is 21.3. The fourth-order valence-corrected chi connectivity index (χ4v) is 4.65. The molecule has 0 bridgehead atoms. The molecular weight excluding hydrogens is 374 g/mol. The van der Waals surface area contributed by atoms with Crippen LogP contribution >= 0.6 is 0 Å². The number of carbonyl (C=O) groups is 2. The van der Waals surface area contributed by atoms with E-state index < -0.39 is 5.92 Å². The smallest absolute Gasteiger partial charge is 0.315 e. The van der Waals surface area contributed by atoms with Gasteiger partial charge in [0.2, 0.25) is 0 Å². The molecule has 2 aromatic rings. The lowest BCUT2D eigenvalue weighted by Gasteiger charge is -2.36. The van der Waals surface area contributed by atoms with Gasteiger partial charge < -0.3 is 4.74 Å². The molecule has 0 spiro atoms.